The van der Waals surface area contributed by atoms with E-state index in [4.69, 9.17) is 11.5 Å². The molecule has 2 heterocycles. The fourth-order valence-corrected chi connectivity index (χ4v) is 4.17. The zero-order chi connectivity index (χ0) is 20.5. The first-order chi connectivity index (χ1) is 13.1. The maximum atomic E-state index is 15.7. The Morgan fingerprint density at radius 2 is 1.89 bits per heavy atom. The van der Waals surface area contributed by atoms with Crippen molar-refractivity contribution in [1.29, 1.82) is 0 Å². The number of nitrogens with zero attached hydrogens (tertiary/aromatic N) is 2. The molecule has 2 fully saturated rings. The number of hydrogen-bond acceptors (Lipinski definition) is 5. The van der Waals surface area contributed by atoms with Gasteiger partial charge in [-0.1, -0.05) is 6.92 Å². The second kappa shape index (κ2) is 6.16. The first-order valence-electron chi connectivity index (χ1n) is 9.25. The number of anilines is 2. The zero-order valence-corrected chi connectivity index (χ0v) is 15.6. The predicted octanol–water partition coefficient (Wildman–Crippen LogP) is 2.07. The van der Waals surface area contributed by atoms with Gasteiger partial charge in [-0.25, -0.2) is 13.6 Å². The van der Waals surface area contributed by atoms with E-state index in [-0.39, 0.29) is 35.2 Å². The van der Waals surface area contributed by atoms with Gasteiger partial charge in [-0.15, -0.1) is 0 Å². The molecule has 4 rings (SSSR count). The van der Waals surface area contributed by atoms with E-state index in [0.717, 1.165) is 6.20 Å². The minimum atomic E-state index is -1.46. The standard InChI is InChI=1S/C19H22F2N4O3/c1-7-5-24(8(2)14(7)22)17-12(20)15(23)11-16(13(17)21)25(9-3-4-9)6-10(18(11)26)19(27)28/h6-9,14H,3-5,22-23H2,1-2H3,(H,27,28). The van der Waals surface area contributed by atoms with Crippen LogP contribution in [0.2, 0.25) is 0 Å². The molecule has 2 aliphatic rings. The number of hydrogen-bond donors (Lipinski definition) is 3. The fraction of sp³-hybridized carbons (Fsp3) is 0.474. The van der Waals surface area contributed by atoms with Crippen LogP contribution < -0.4 is 21.8 Å². The molecule has 0 spiro atoms. The van der Waals surface area contributed by atoms with Crippen LogP contribution >= 0.6 is 0 Å². The number of aromatic carboxylic acids is 1. The SMILES string of the molecule is CC1CN(c2c(F)c(N)c3c(=O)c(C(=O)O)cn(C4CC4)c3c2F)C(C)C1N. The Bertz CT molecular complexity index is 1060. The molecule has 28 heavy (non-hydrogen) atoms. The quantitative estimate of drug-likeness (QED) is 0.689. The van der Waals surface area contributed by atoms with Gasteiger partial charge >= 0.3 is 5.97 Å². The molecule has 1 saturated carbocycles. The van der Waals surface area contributed by atoms with E-state index in [1.165, 1.54) is 4.57 Å². The monoisotopic (exact) mass is 392 g/mol. The molecule has 9 heteroatoms. The lowest BCUT2D eigenvalue weighted by molar-refractivity contribution is 0.0695. The average Bonchev–Trinajstić information content (AvgIpc) is 3.44. The highest BCUT2D eigenvalue weighted by Crippen LogP contribution is 2.43. The van der Waals surface area contributed by atoms with Crippen molar-refractivity contribution in [1.82, 2.24) is 4.57 Å². The van der Waals surface area contributed by atoms with Crippen molar-refractivity contribution in [3.05, 3.63) is 33.6 Å². The van der Waals surface area contributed by atoms with Crippen molar-refractivity contribution in [2.24, 2.45) is 11.7 Å². The Morgan fingerprint density at radius 1 is 1.25 bits per heavy atom. The third-order valence-corrected chi connectivity index (χ3v) is 6.01. The van der Waals surface area contributed by atoms with Crippen LogP contribution in [0.3, 0.4) is 0 Å². The van der Waals surface area contributed by atoms with Crippen LogP contribution in [0, 0.1) is 17.6 Å². The highest BCUT2D eigenvalue weighted by molar-refractivity contribution is 5.99. The van der Waals surface area contributed by atoms with Crippen molar-refractivity contribution in [2.75, 3.05) is 17.2 Å². The number of nitrogens with two attached hydrogens (primary N) is 2. The second-order valence-corrected chi connectivity index (χ2v) is 7.88. The van der Waals surface area contributed by atoms with Crippen LogP contribution in [0.5, 0.6) is 0 Å². The van der Waals surface area contributed by atoms with Crippen LogP contribution in [-0.4, -0.2) is 34.3 Å². The third kappa shape index (κ3) is 2.49. The van der Waals surface area contributed by atoms with Crippen LogP contribution in [0.25, 0.3) is 10.9 Å². The van der Waals surface area contributed by atoms with Crippen molar-refractivity contribution in [2.45, 2.75) is 44.8 Å². The molecule has 5 N–H and O–H groups in total. The van der Waals surface area contributed by atoms with E-state index in [1.807, 2.05) is 6.92 Å². The highest BCUT2D eigenvalue weighted by Gasteiger charge is 2.39. The summed E-state index contributed by atoms with van der Waals surface area (Å²) in [5.41, 5.74) is 9.52. The molecule has 3 atom stereocenters. The van der Waals surface area contributed by atoms with E-state index < -0.39 is 39.7 Å². The number of nitrogen functional groups attached to an aromatic ring is 1. The number of benzene rings is 1. The van der Waals surface area contributed by atoms with Gasteiger partial charge in [0.25, 0.3) is 0 Å². The number of aromatic nitrogens is 1. The van der Waals surface area contributed by atoms with E-state index >= 15 is 8.78 Å². The van der Waals surface area contributed by atoms with Gasteiger partial charge in [0.1, 0.15) is 11.3 Å². The van der Waals surface area contributed by atoms with Crippen molar-refractivity contribution >= 4 is 28.2 Å². The minimum Gasteiger partial charge on any atom is -0.477 e. The smallest absolute Gasteiger partial charge is 0.341 e. The Balaban J connectivity index is 2.08. The van der Waals surface area contributed by atoms with Gasteiger partial charge in [-0.05, 0) is 25.7 Å². The number of rotatable bonds is 3. The van der Waals surface area contributed by atoms with Crippen molar-refractivity contribution < 1.29 is 18.7 Å². The molecule has 0 amide bonds. The first-order valence-corrected chi connectivity index (χ1v) is 9.25. The Kier molecular flexibility index (Phi) is 4.11. The summed E-state index contributed by atoms with van der Waals surface area (Å²) in [4.78, 5) is 25.7. The molecule has 3 unspecified atom stereocenters. The van der Waals surface area contributed by atoms with Crippen LogP contribution in [0.1, 0.15) is 43.1 Å². The molecule has 1 aromatic heterocycles. The molecule has 1 aliphatic carbocycles. The highest BCUT2D eigenvalue weighted by atomic mass is 19.1. The first kappa shape index (κ1) is 18.7. The van der Waals surface area contributed by atoms with E-state index in [9.17, 15) is 14.7 Å². The summed E-state index contributed by atoms with van der Waals surface area (Å²) in [5.74, 6) is -3.40. The van der Waals surface area contributed by atoms with Crippen LogP contribution in [0.4, 0.5) is 20.2 Å². The lowest BCUT2D eigenvalue weighted by Gasteiger charge is -2.28. The third-order valence-electron chi connectivity index (χ3n) is 6.01. The number of halogens is 2. The maximum Gasteiger partial charge on any atom is 0.341 e. The summed E-state index contributed by atoms with van der Waals surface area (Å²) in [6.45, 7) is 4.04. The molecule has 150 valence electrons. The summed E-state index contributed by atoms with van der Waals surface area (Å²) in [7, 11) is 0. The predicted molar refractivity (Wildman–Crippen MR) is 102 cm³/mol. The van der Waals surface area contributed by atoms with E-state index in [2.05, 4.69) is 0 Å². The van der Waals surface area contributed by atoms with Crippen LogP contribution in [-0.2, 0) is 0 Å². The summed E-state index contributed by atoms with van der Waals surface area (Å²) in [5, 5.41) is 8.92. The molecule has 2 aromatic rings. The summed E-state index contributed by atoms with van der Waals surface area (Å²) >= 11 is 0. The van der Waals surface area contributed by atoms with Gasteiger partial charge in [0.2, 0.25) is 5.43 Å². The van der Waals surface area contributed by atoms with Gasteiger partial charge in [0, 0.05) is 30.9 Å². The topological polar surface area (TPSA) is 115 Å². The zero-order valence-electron chi connectivity index (χ0n) is 15.6. The number of carbonyl (C=O) groups is 1. The summed E-state index contributed by atoms with van der Waals surface area (Å²) < 4.78 is 32.3. The Morgan fingerprint density at radius 3 is 2.39 bits per heavy atom. The summed E-state index contributed by atoms with van der Waals surface area (Å²) in [6, 6.07) is -0.739. The Labute approximate surface area is 159 Å². The van der Waals surface area contributed by atoms with Gasteiger partial charge in [-0.2, -0.15) is 0 Å². The largest absolute Gasteiger partial charge is 0.477 e. The fourth-order valence-electron chi connectivity index (χ4n) is 4.17. The molecule has 0 radical (unpaired) electrons. The molecular formula is C19H22F2N4O3. The second-order valence-electron chi connectivity index (χ2n) is 7.88. The Hall–Kier alpha value is -2.68. The molecule has 7 nitrogen and oxygen atoms in total. The normalized spacial score (nSPS) is 24.9. The van der Waals surface area contributed by atoms with E-state index in [0.29, 0.717) is 19.4 Å². The molecule has 1 saturated heterocycles. The average molecular weight is 392 g/mol. The molecule has 1 aliphatic heterocycles. The maximum absolute atomic E-state index is 15.7. The number of carboxylic acids is 1. The molecule has 1 aromatic carbocycles. The van der Waals surface area contributed by atoms with Crippen molar-refractivity contribution in [3.8, 4) is 0 Å². The number of fused-ring (bicyclic) bond motifs is 1. The van der Waals surface area contributed by atoms with E-state index in [1.54, 1.807) is 11.8 Å². The minimum absolute atomic E-state index is 0.0192. The van der Waals surface area contributed by atoms with Gasteiger partial charge in [0.05, 0.1) is 16.6 Å². The lowest BCUT2D eigenvalue weighted by Crippen LogP contribution is -2.39. The molecular weight excluding hydrogens is 370 g/mol. The van der Waals surface area contributed by atoms with Crippen LogP contribution in [0.15, 0.2) is 11.0 Å². The van der Waals surface area contributed by atoms with Crippen molar-refractivity contribution in [3.63, 3.8) is 0 Å². The van der Waals surface area contributed by atoms with Gasteiger partial charge in [0.15, 0.2) is 11.6 Å². The van der Waals surface area contributed by atoms with Gasteiger partial charge in [-0.3, -0.25) is 4.79 Å². The lowest BCUT2D eigenvalue weighted by atomic mass is 10.0. The number of carboxylic acid groups (broad SMARTS) is 1. The number of pyridine rings is 1. The summed E-state index contributed by atoms with van der Waals surface area (Å²) in [6.07, 6.45) is 2.56. The van der Waals surface area contributed by atoms with Gasteiger partial charge < -0.3 is 26.0 Å². The molecule has 0 bridgehead atoms.